The highest BCUT2D eigenvalue weighted by Gasteiger charge is 2.10. The topological polar surface area (TPSA) is 57.8 Å². The number of thiazole rings is 1. The fourth-order valence-corrected chi connectivity index (χ4v) is 3.04. The predicted molar refractivity (Wildman–Crippen MR) is 86.6 cm³/mol. The molecule has 0 saturated heterocycles. The minimum Gasteiger partial charge on any atom is -0.355 e. The number of hydrogen-bond donors (Lipinski definition) is 2. The lowest BCUT2D eigenvalue weighted by atomic mass is 10.2. The van der Waals surface area contributed by atoms with Crippen molar-refractivity contribution >= 4 is 22.2 Å². The smallest absolute Gasteiger partial charge is 0.189 e. The van der Waals surface area contributed by atoms with E-state index < -0.39 is 5.82 Å². The van der Waals surface area contributed by atoms with Gasteiger partial charge in [0.1, 0.15) is 5.82 Å². The lowest BCUT2D eigenvalue weighted by Crippen LogP contribution is -2.20. The van der Waals surface area contributed by atoms with E-state index in [1.807, 2.05) is 19.2 Å². The van der Waals surface area contributed by atoms with E-state index in [1.165, 1.54) is 18.2 Å². The third-order valence-corrected chi connectivity index (χ3v) is 4.34. The third kappa shape index (κ3) is 2.93. The number of fused-ring (bicyclic) bond motifs is 1. The number of aryl methyl sites for hydroxylation is 1. The number of halogens is 1. The van der Waals surface area contributed by atoms with Crippen molar-refractivity contribution in [3.05, 3.63) is 62.1 Å². The summed E-state index contributed by atoms with van der Waals surface area (Å²) in [6, 6.07) is 6.07. The Bertz CT molecular complexity index is 871. The van der Waals surface area contributed by atoms with Crippen molar-refractivity contribution < 1.29 is 4.39 Å². The summed E-state index contributed by atoms with van der Waals surface area (Å²) in [6.07, 6.45) is 0. The van der Waals surface area contributed by atoms with Crippen LogP contribution in [0.15, 0.2) is 34.4 Å². The number of hydrogen-bond acceptors (Lipinski definition) is 4. The Morgan fingerprint density at radius 3 is 3.00 bits per heavy atom. The molecule has 1 aromatic carbocycles. The van der Waals surface area contributed by atoms with E-state index in [0.29, 0.717) is 17.6 Å². The number of nitrogens with zero attached hydrogens (tertiary/aromatic N) is 1. The van der Waals surface area contributed by atoms with E-state index in [-0.39, 0.29) is 17.0 Å². The quantitative estimate of drug-likeness (QED) is 0.776. The van der Waals surface area contributed by atoms with Gasteiger partial charge < -0.3 is 10.3 Å². The molecule has 0 bridgehead atoms. The summed E-state index contributed by atoms with van der Waals surface area (Å²) in [7, 11) is 0. The van der Waals surface area contributed by atoms with Gasteiger partial charge >= 0.3 is 0 Å². The minimum atomic E-state index is -0.417. The van der Waals surface area contributed by atoms with E-state index in [4.69, 9.17) is 0 Å². The zero-order valence-electron chi connectivity index (χ0n) is 12.3. The molecule has 0 saturated carbocycles. The second-order valence-corrected chi connectivity index (χ2v) is 6.28. The van der Waals surface area contributed by atoms with Crippen LogP contribution in [0.5, 0.6) is 0 Å². The molecule has 3 aromatic rings. The van der Waals surface area contributed by atoms with Gasteiger partial charge in [0, 0.05) is 35.1 Å². The van der Waals surface area contributed by atoms with Gasteiger partial charge in [-0.05, 0) is 26.0 Å². The molecule has 1 atom stereocenters. The Kier molecular flexibility index (Phi) is 4.04. The van der Waals surface area contributed by atoms with Gasteiger partial charge in [-0.25, -0.2) is 9.37 Å². The van der Waals surface area contributed by atoms with Gasteiger partial charge in [0.05, 0.1) is 16.2 Å². The third-order valence-electron chi connectivity index (χ3n) is 3.55. The fraction of sp³-hybridized carbons (Fsp3) is 0.250. The first-order valence-electron chi connectivity index (χ1n) is 7.00. The van der Waals surface area contributed by atoms with Crippen molar-refractivity contribution in [2.45, 2.75) is 26.4 Å². The number of aromatic nitrogens is 2. The number of pyridine rings is 1. The largest absolute Gasteiger partial charge is 0.355 e. The summed E-state index contributed by atoms with van der Waals surface area (Å²) < 4.78 is 13.8. The Hall–Kier alpha value is -2.05. The first kappa shape index (κ1) is 14.9. The van der Waals surface area contributed by atoms with Crippen molar-refractivity contribution in [2.75, 3.05) is 0 Å². The highest BCUT2D eigenvalue weighted by molar-refractivity contribution is 7.09. The summed E-state index contributed by atoms with van der Waals surface area (Å²) in [5.74, 6) is -0.417. The molecule has 0 aliphatic carbocycles. The maximum atomic E-state index is 13.8. The molecule has 2 heterocycles. The molecule has 22 heavy (non-hydrogen) atoms. The van der Waals surface area contributed by atoms with Gasteiger partial charge in [0.25, 0.3) is 0 Å². The molecular formula is C16H16FN3OS. The molecule has 0 unspecified atom stereocenters. The molecule has 4 nitrogen and oxygen atoms in total. The average molecular weight is 317 g/mol. The van der Waals surface area contributed by atoms with Crippen LogP contribution >= 0.6 is 11.3 Å². The van der Waals surface area contributed by atoms with Crippen LogP contribution in [-0.2, 0) is 6.54 Å². The molecule has 0 aliphatic rings. The first-order valence-corrected chi connectivity index (χ1v) is 7.88. The zero-order chi connectivity index (χ0) is 15.7. The number of para-hydroxylation sites is 1. The monoisotopic (exact) mass is 317 g/mol. The van der Waals surface area contributed by atoms with Gasteiger partial charge in [-0.15, -0.1) is 11.3 Å². The molecule has 0 spiro atoms. The normalized spacial score (nSPS) is 12.7. The summed E-state index contributed by atoms with van der Waals surface area (Å²) in [5, 5.41) is 6.69. The lowest BCUT2D eigenvalue weighted by Gasteiger charge is -2.12. The molecule has 6 heteroatoms. The van der Waals surface area contributed by atoms with Crippen LogP contribution in [0.4, 0.5) is 4.39 Å². The molecule has 3 rings (SSSR count). The van der Waals surface area contributed by atoms with E-state index in [0.717, 1.165) is 10.7 Å². The second kappa shape index (κ2) is 5.98. The van der Waals surface area contributed by atoms with Crippen LogP contribution in [0.25, 0.3) is 10.9 Å². The summed E-state index contributed by atoms with van der Waals surface area (Å²) in [4.78, 5) is 19.5. The molecule has 0 fully saturated rings. The Morgan fingerprint density at radius 2 is 2.27 bits per heavy atom. The first-order chi connectivity index (χ1) is 10.5. The Balaban J connectivity index is 1.82. The number of benzene rings is 1. The van der Waals surface area contributed by atoms with Gasteiger partial charge in [-0.1, -0.05) is 6.07 Å². The molecule has 114 valence electrons. The van der Waals surface area contributed by atoms with Crippen LogP contribution in [0.1, 0.15) is 29.4 Å². The summed E-state index contributed by atoms with van der Waals surface area (Å²) in [5.41, 5.74) is 1.70. The van der Waals surface area contributed by atoms with Crippen molar-refractivity contribution in [3.63, 3.8) is 0 Å². The number of H-pyrrole nitrogens is 1. The highest BCUT2D eigenvalue weighted by Crippen LogP contribution is 2.17. The van der Waals surface area contributed by atoms with Crippen molar-refractivity contribution in [1.82, 2.24) is 15.3 Å². The van der Waals surface area contributed by atoms with Crippen molar-refractivity contribution in [2.24, 2.45) is 0 Å². The summed E-state index contributed by atoms with van der Waals surface area (Å²) in [6.45, 7) is 4.41. The van der Waals surface area contributed by atoms with E-state index in [9.17, 15) is 9.18 Å². The maximum absolute atomic E-state index is 13.8. The van der Waals surface area contributed by atoms with Crippen LogP contribution < -0.4 is 10.7 Å². The van der Waals surface area contributed by atoms with Crippen molar-refractivity contribution in [1.29, 1.82) is 0 Å². The van der Waals surface area contributed by atoms with E-state index in [2.05, 4.69) is 15.3 Å². The molecule has 0 radical (unpaired) electrons. The zero-order valence-corrected chi connectivity index (χ0v) is 13.1. The van der Waals surface area contributed by atoms with Crippen molar-refractivity contribution in [3.8, 4) is 0 Å². The molecule has 0 aliphatic heterocycles. The molecular weight excluding hydrogens is 301 g/mol. The Morgan fingerprint density at radius 1 is 1.45 bits per heavy atom. The maximum Gasteiger partial charge on any atom is 0.189 e. The molecule has 2 aromatic heterocycles. The van der Waals surface area contributed by atoms with Gasteiger partial charge in [-0.2, -0.15) is 0 Å². The van der Waals surface area contributed by atoms with Gasteiger partial charge in [0.15, 0.2) is 5.43 Å². The SMILES string of the molecule is Cc1nc([C@@H](C)NCc2cc(=O)c3cccc(F)c3[nH]2)cs1. The predicted octanol–water partition coefficient (Wildman–Crippen LogP) is 3.28. The number of aromatic amines is 1. The fourth-order valence-electron chi connectivity index (χ4n) is 2.33. The Labute approximate surface area is 131 Å². The molecule has 0 amide bonds. The summed E-state index contributed by atoms with van der Waals surface area (Å²) >= 11 is 1.60. The second-order valence-electron chi connectivity index (χ2n) is 5.22. The van der Waals surface area contributed by atoms with Crippen LogP contribution in [0.2, 0.25) is 0 Å². The van der Waals surface area contributed by atoms with E-state index in [1.54, 1.807) is 17.4 Å². The average Bonchev–Trinajstić information content (AvgIpc) is 2.93. The standard InChI is InChI=1S/C16H16FN3OS/c1-9(14-8-22-10(2)19-14)18-7-11-6-15(21)12-4-3-5-13(17)16(12)20-11/h3-6,8-9,18H,7H2,1-2H3,(H,20,21)/t9-/m1/s1. The van der Waals surface area contributed by atoms with Gasteiger partial charge in [-0.3, -0.25) is 4.79 Å². The number of rotatable bonds is 4. The van der Waals surface area contributed by atoms with Gasteiger partial charge in [0.2, 0.25) is 0 Å². The lowest BCUT2D eigenvalue weighted by molar-refractivity contribution is 0.557. The minimum absolute atomic E-state index is 0.0600. The highest BCUT2D eigenvalue weighted by atomic mass is 32.1. The molecule has 2 N–H and O–H groups in total. The van der Waals surface area contributed by atoms with Crippen LogP contribution in [-0.4, -0.2) is 9.97 Å². The van der Waals surface area contributed by atoms with Crippen LogP contribution in [0, 0.1) is 12.7 Å². The number of nitrogens with one attached hydrogen (secondary N) is 2. The van der Waals surface area contributed by atoms with E-state index >= 15 is 0 Å². The van der Waals surface area contributed by atoms with Crippen LogP contribution in [0.3, 0.4) is 0 Å².